The van der Waals surface area contributed by atoms with Crippen molar-refractivity contribution in [3.63, 3.8) is 0 Å². The van der Waals surface area contributed by atoms with Crippen molar-refractivity contribution < 1.29 is 4.74 Å². The first-order chi connectivity index (χ1) is 9.04. The van der Waals surface area contributed by atoms with E-state index in [9.17, 15) is 0 Å². The van der Waals surface area contributed by atoms with Crippen LogP contribution in [0.1, 0.15) is 12.1 Å². The Bertz CT molecular complexity index is 390. The van der Waals surface area contributed by atoms with Gasteiger partial charge in [-0.2, -0.15) is 0 Å². The minimum absolute atomic E-state index is 0.321. The zero-order chi connectivity index (χ0) is 14.3. The maximum Gasteiger partial charge on any atom is 0.142 e. The Morgan fingerprint density at radius 1 is 1.53 bits per heavy atom. The number of hydrogen-bond acceptors (Lipinski definition) is 4. The van der Waals surface area contributed by atoms with Crippen LogP contribution in [0.4, 0.5) is 0 Å². The van der Waals surface area contributed by atoms with Crippen molar-refractivity contribution in [2.75, 3.05) is 34.3 Å². The molecule has 1 aromatic heterocycles. The van der Waals surface area contributed by atoms with Gasteiger partial charge in [0.15, 0.2) is 0 Å². The number of nitrogens with one attached hydrogen (secondary N) is 1. The number of alkyl halides is 1. The molecule has 0 unspecified atom stereocenters. The van der Waals surface area contributed by atoms with Gasteiger partial charge in [-0.15, -0.1) is 0 Å². The number of hydrogen-bond donors (Lipinski definition) is 1. The van der Waals surface area contributed by atoms with Gasteiger partial charge in [0.2, 0.25) is 0 Å². The minimum atomic E-state index is 0.321. The summed E-state index contributed by atoms with van der Waals surface area (Å²) in [6.07, 6.45) is 3.60. The first kappa shape index (κ1) is 16.9. The van der Waals surface area contributed by atoms with Gasteiger partial charge in [0.05, 0.1) is 14.8 Å². The molecule has 1 atom stereocenters. The van der Waals surface area contributed by atoms with Crippen LogP contribution in [0.5, 0.6) is 5.75 Å². The maximum absolute atomic E-state index is 5.99. The smallest absolute Gasteiger partial charge is 0.142 e. The van der Waals surface area contributed by atoms with Gasteiger partial charge < -0.3 is 10.1 Å². The lowest BCUT2D eigenvalue weighted by atomic mass is 10.2. The van der Waals surface area contributed by atoms with Crippen LogP contribution in [0.25, 0.3) is 0 Å². The Kier molecular flexibility index (Phi) is 7.97. The molecule has 1 heterocycles. The van der Waals surface area contributed by atoms with Crippen molar-refractivity contribution in [1.82, 2.24) is 15.2 Å². The molecule has 1 rings (SSSR count). The van der Waals surface area contributed by atoms with E-state index in [0.29, 0.717) is 15.7 Å². The van der Waals surface area contributed by atoms with Crippen LogP contribution in [0.3, 0.4) is 0 Å². The molecule has 108 valence electrons. The van der Waals surface area contributed by atoms with Crippen molar-refractivity contribution in [3.8, 4) is 5.75 Å². The molecule has 0 aliphatic heterocycles. The van der Waals surface area contributed by atoms with Crippen molar-refractivity contribution in [2.45, 2.75) is 16.9 Å². The monoisotopic (exact) mass is 397 g/mol. The third-order valence-corrected chi connectivity index (χ3v) is 4.35. The van der Waals surface area contributed by atoms with Crippen LogP contribution in [-0.4, -0.2) is 48.2 Å². The van der Waals surface area contributed by atoms with Gasteiger partial charge in [-0.05, 0) is 40.5 Å². The average Bonchev–Trinajstić information content (AvgIpc) is 2.38. The number of aromatic nitrogens is 1. The standard InChI is InChI=1S/C13H21ClIN3O/c1-16-6-4-5-11-12(7-10(14)8-17-11)19-9-13(15)18(2)3/h7-8,13,16H,4-6,9H2,1-3H3/t13-/m0/s1. The second-order valence-electron chi connectivity index (χ2n) is 4.51. The van der Waals surface area contributed by atoms with Gasteiger partial charge in [-0.3, -0.25) is 9.88 Å². The van der Waals surface area contributed by atoms with E-state index in [-0.39, 0.29) is 0 Å². The molecule has 6 heteroatoms. The van der Waals surface area contributed by atoms with Crippen LogP contribution in [0, 0.1) is 0 Å². The molecule has 0 saturated heterocycles. The summed E-state index contributed by atoms with van der Waals surface area (Å²) in [6, 6.07) is 1.85. The number of halogens is 2. The fourth-order valence-corrected chi connectivity index (χ4v) is 1.83. The zero-order valence-corrected chi connectivity index (χ0v) is 14.5. The molecule has 0 aliphatic carbocycles. The molecule has 0 radical (unpaired) electrons. The maximum atomic E-state index is 5.99. The Balaban J connectivity index is 2.65. The molecule has 0 aliphatic rings. The first-order valence-corrected chi connectivity index (χ1v) is 7.89. The molecule has 0 bridgehead atoms. The molecule has 0 spiro atoms. The predicted octanol–water partition coefficient (Wildman–Crippen LogP) is 2.59. The van der Waals surface area contributed by atoms with Crippen LogP contribution < -0.4 is 10.1 Å². The van der Waals surface area contributed by atoms with E-state index in [2.05, 4.69) is 37.8 Å². The average molecular weight is 398 g/mol. The number of pyridine rings is 1. The summed E-state index contributed by atoms with van der Waals surface area (Å²) in [6.45, 7) is 1.59. The second-order valence-corrected chi connectivity index (χ2v) is 6.39. The summed E-state index contributed by atoms with van der Waals surface area (Å²) in [5.74, 6) is 0.798. The highest BCUT2D eigenvalue weighted by molar-refractivity contribution is 14.1. The van der Waals surface area contributed by atoms with Crippen molar-refractivity contribution >= 4 is 34.2 Å². The third-order valence-electron chi connectivity index (χ3n) is 2.67. The molecule has 19 heavy (non-hydrogen) atoms. The second kappa shape index (κ2) is 8.94. The topological polar surface area (TPSA) is 37.4 Å². The lowest BCUT2D eigenvalue weighted by Gasteiger charge is -2.19. The van der Waals surface area contributed by atoms with Crippen molar-refractivity contribution in [2.24, 2.45) is 0 Å². The number of rotatable bonds is 8. The third kappa shape index (κ3) is 6.25. The van der Waals surface area contributed by atoms with Crippen LogP contribution in [0.2, 0.25) is 5.02 Å². The Morgan fingerprint density at radius 2 is 2.26 bits per heavy atom. The normalized spacial score (nSPS) is 12.7. The largest absolute Gasteiger partial charge is 0.489 e. The van der Waals surface area contributed by atoms with Crippen LogP contribution in [-0.2, 0) is 6.42 Å². The fourth-order valence-electron chi connectivity index (χ4n) is 1.50. The van der Waals surface area contributed by atoms with Gasteiger partial charge in [0.25, 0.3) is 0 Å². The number of ether oxygens (including phenoxy) is 1. The molecule has 0 fully saturated rings. The predicted molar refractivity (Wildman–Crippen MR) is 88.5 cm³/mol. The summed E-state index contributed by atoms with van der Waals surface area (Å²) < 4.78 is 6.18. The first-order valence-electron chi connectivity index (χ1n) is 6.27. The SMILES string of the molecule is CNCCCc1ncc(Cl)cc1OC[C@@H](I)N(C)C. The van der Waals surface area contributed by atoms with Crippen LogP contribution in [0.15, 0.2) is 12.3 Å². The zero-order valence-electron chi connectivity index (χ0n) is 11.6. The number of nitrogens with zero attached hydrogens (tertiary/aromatic N) is 2. The van der Waals surface area contributed by atoms with E-state index in [1.54, 1.807) is 6.20 Å². The molecule has 4 nitrogen and oxygen atoms in total. The Hall–Kier alpha value is -0.110. The van der Waals surface area contributed by atoms with Gasteiger partial charge in [-0.25, -0.2) is 0 Å². The molecule has 1 N–H and O–H groups in total. The van der Waals surface area contributed by atoms with E-state index in [0.717, 1.165) is 30.8 Å². The molecule has 0 saturated carbocycles. The minimum Gasteiger partial charge on any atom is -0.489 e. The fraction of sp³-hybridized carbons (Fsp3) is 0.615. The summed E-state index contributed by atoms with van der Waals surface area (Å²) >= 11 is 8.34. The van der Waals surface area contributed by atoms with Gasteiger partial charge in [0, 0.05) is 12.3 Å². The lowest BCUT2D eigenvalue weighted by molar-refractivity contribution is 0.248. The summed E-state index contributed by atoms with van der Waals surface area (Å²) in [5, 5.41) is 3.74. The Labute approximate surface area is 134 Å². The van der Waals surface area contributed by atoms with Gasteiger partial charge in [-0.1, -0.05) is 34.2 Å². The van der Waals surface area contributed by atoms with E-state index >= 15 is 0 Å². The van der Waals surface area contributed by atoms with E-state index in [1.165, 1.54) is 0 Å². The van der Waals surface area contributed by atoms with Gasteiger partial charge >= 0.3 is 0 Å². The van der Waals surface area contributed by atoms with Crippen LogP contribution >= 0.6 is 34.2 Å². The highest BCUT2D eigenvalue weighted by Crippen LogP contribution is 2.23. The molecular weight excluding hydrogens is 377 g/mol. The van der Waals surface area contributed by atoms with E-state index in [1.807, 2.05) is 27.2 Å². The number of aryl methyl sites for hydroxylation is 1. The lowest BCUT2D eigenvalue weighted by Crippen LogP contribution is -2.28. The molecular formula is C13H21ClIN3O. The Morgan fingerprint density at radius 3 is 2.89 bits per heavy atom. The molecule has 1 aromatic rings. The highest BCUT2D eigenvalue weighted by Gasteiger charge is 2.11. The number of likely N-dealkylation sites (N-methyl/N-ethyl adjacent to an activating group) is 1. The molecule has 0 amide bonds. The van der Waals surface area contributed by atoms with Crippen molar-refractivity contribution in [3.05, 3.63) is 23.0 Å². The van der Waals surface area contributed by atoms with E-state index in [4.69, 9.17) is 16.3 Å². The quantitative estimate of drug-likeness (QED) is 0.317. The van der Waals surface area contributed by atoms with Crippen molar-refractivity contribution in [1.29, 1.82) is 0 Å². The van der Waals surface area contributed by atoms with E-state index < -0.39 is 0 Å². The highest BCUT2D eigenvalue weighted by atomic mass is 127. The summed E-state index contributed by atoms with van der Waals surface area (Å²) in [7, 11) is 6.01. The summed E-state index contributed by atoms with van der Waals surface area (Å²) in [5.41, 5.74) is 0.974. The summed E-state index contributed by atoms with van der Waals surface area (Å²) in [4.78, 5) is 6.48. The van der Waals surface area contributed by atoms with Gasteiger partial charge in [0.1, 0.15) is 12.4 Å². The molecule has 0 aromatic carbocycles.